The third kappa shape index (κ3) is 4.55. The van der Waals surface area contributed by atoms with Gasteiger partial charge in [0, 0.05) is 30.8 Å². The van der Waals surface area contributed by atoms with Crippen molar-refractivity contribution < 1.29 is 23.6 Å². The summed E-state index contributed by atoms with van der Waals surface area (Å²) in [6.07, 6.45) is 3.75. The Bertz CT molecular complexity index is 1210. The first-order valence-corrected chi connectivity index (χ1v) is 12.0. The summed E-state index contributed by atoms with van der Waals surface area (Å²) in [5.74, 6) is -2.57. The number of carbonyl (C=O) groups excluding carboxylic acids is 4. The molecular weight excluding hydrogens is 451 g/mol. The number of hydrogen-bond donors (Lipinski definition) is 2. The quantitative estimate of drug-likeness (QED) is 0.620. The summed E-state index contributed by atoms with van der Waals surface area (Å²) in [6.45, 7) is 2.93. The number of hydrogen-bond acceptors (Lipinski definition) is 6. The zero-order chi connectivity index (χ0) is 24.5. The SMILES string of the molecule is O=C1CCC(N2C(=O)c3cccc(NCc4ccc(CN5CCCCC5)cc4F)c3C2=O)C(=O)N1. The number of amides is 4. The van der Waals surface area contributed by atoms with Crippen molar-refractivity contribution in [3.63, 3.8) is 0 Å². The van der Waals surface area contributed by atoms with Gasteiger partial charge in [0.1, 0.15) is 11.9 Å². The lowest BCUT2D eigenvalue weighted by atomic mass is 10.0. The molecule has 8 nitrogen and oxygen atoms in total. The van der Waals surface area contributed by atoms with Crippen molar-refractivity contribution in [3.8, 4) is 0 Å². The van der Waals surface area contributed by atoms with Gasteiger partial charge in [0.15, 0.2) is 0 Å². The zero-order valence-corrected chi connectivity index (χ0v) is 19.3. The predicted molar refractivity (Wildman–Crippen MR) is 126 cm³/mol. The molecule has 0 saturated carbocycles. The minimum atomic E-state index is -1.03. The van der Waals surface area contributed by atoms with Crippen LogP contribution in [0.5, 0.6) is 0 Å². The molecule has 9 heteroatoms. The van der Waals surface area contributed by atoms with Crippen LogP contribution < -0.4 is 10.6 Å². The van der Waals surface area contributed by atoms with Crippen molar-refractivity contribution in [2.75, 3.05) is 18.4 Å². The van der Waals surface area contributed by atoms with Gasteiger partial charge in [-0.1, -0.05) is 24.6 Å². The Balaban J connectivity index is 1.30. The number of anilines is 1. The van der Waals surface area contributed by atoms with E-state index in [0.717, 1.165) is 30.1 Å². The van der Waals surface area contributed by atoms with Crippen LogP contribution in [0.2, 0.25) is 0 Å². The monoisotopic (exact) mass is 478 g/mol. The Morgan fingerprint density at radius 3 is 2.54 bits per heavy atom. The number of likely N-dealkylation sites (tertiary alicyclic amines) is 1. The van der Waals surface area contributed by atoms with Gasteiger partial charge in [-0.15, -0.1) is 0 Å². The van der Waals surface area contributed by atoms with Crippen molar-refractivity contribution in [2.45, 2.75) is 51.2 Å². The first kappa shape index (κ1) is 23.2. The third-order valence-electron chi connectivity index (χ3n) is 6.91. The number of benzene rings is 2. The number of nitrogens with one attached hydrogen (secondary N) is 2. The van der Waals surface area contributed by atoms with Gasteiger partial charge in [0.25, 0.3) is 11.8 Å². The minimum Gasteiger partial charge on any atom is -0.380 e. The summed E-state index contributed by atoms with van der Waals surface area (Å²) in [6, 6.07) is 9.01. The molecule has 1 unspecified atom stereocenters. The van der Waals surface area contributed by atoms with E-state index in [-0.39, 0.29) is 36.3 Å². The molecule has 0 aliphatic carbocycles. The molecule has 3 heterocycles. The Kier molecular flexibility index (Phi) is 6.34. The lowest BCUT2D eigenvalue weighted by Crippen LogP contribution is -2.54. The standard InChI is InChI=1S/C26H27FN4O4/c27-19-13-16(15-30-11-2-1-3-12-30)7-8-17(19)14-28-20-6-4-5-18-23(20)26(35)31(25(18)34)21-9-10-22(32)29-24(21)33/h4-8,13,21,28H,1-3,9-12,14-15H2,(H,29,32,33). The van der Waals surface area contributed by atoms with Crippen LogP contribution in [-0.2, 0) is 22.7 Å². The molecule has 4 amide bonds. The number of carbonyl (C=O) groups is 4. The van der Waals surface area contributed by atoms with Crippen molar-refractivity contribution in [3.05, 3.63) is 64.5 Å². The van der Waals surface area contributed by atoms with Crippen molar-refractivity contribution in [2.24, 2.45) is 0 Å². The average molecular weight is 479 g/mol. The highest BCUT2D eigenvalue weighted by atomic mass is 19.1. The fraction of sp³-hybridized carbons (Fsp3) is 0.385. The van der Waals surface area contributed by atoms with Gasteiger partial charge < -0.3 is 5.32 Å². The summed E-state index contributed by atoms with van der Waals surface area (Å²) in [5, 5.41) is 5.28. The van der Waals surface area contributed by atoms with Crippen LogP contribution in [-0.4, -0.2) is 52.6 Å². The van der Waals surface area contributed by atoms with Crippen LogP contribution in [0.4, 0.5) is 10.1 Å². The fourth-order valence-corrected chi connectivity index (χ4v) is 5.06. The van der Waals surface area contributed by atoms with Crippen LogP contribution in [0.3, 0.4) is 0 Å². The van der Waals surface area contributed by atoms with E-state index in [4.69, 9.17) is 0 Å². The van der Waals surface area contributed by atoms with E-state index in [1.165, 1.54) is 25.3 Å². The second-order valence-corrected chi connectivity index (χ2v) is 9.29. The normalized spacial score (nSPS) is 20.7. The highest BCUT2D eigenvalue weighted by molar-refractivity contribution is 6.25. The van der Waals surface area contributed by atoms with Gasteiger partial charge in [-0.05, 0) is 56.1 Å². The molecule has 2 N–H and O–H groups in total. The summed E-state index contributed by atoms with van der Waals surface area (Å²) in [7, 11) is 0. The summed E-state index contributed by atoms with van der Waals surface area (Å²) in [5.41, 5.74) is 2.11. The Labute approximate surface area is 202 Å². The van der Waals surface area contributed by atoms with Crippen LogP contribution >= 0.6 is 0 Å². The first-order chi connectivity index (χ1) is 16.9. The Morgan fingerprint density at radius 1 is 1.00 bits per heavy atom. The minimum absolute atomic E-state index is 0.0575. The van der Waals surface area contributed by atoms with Gasteiger partial charge in [-0.25, -0.2) is 4.39 Å². The maximum Gasteiger partial charge on any atom is 0.264 e. The molecule has 0 bridgehead atoms. The smallest absolute Gasteiger partial charge is 0.264 e. The molecule has 0 radical (unpaired) electrons. The first-order valence-electron chi connectivity index (χ1n) is 12.0. The molecule has 3 aliphatic rings. The van der Waals surface area contributed by atoms with Crippen LogP contribution in [0.1, 0.15) is 63.9 Å². The molecule has 35 heavy (non-hydrogen) atoms. The number of rotatable bonds is 6. The second kappa shape index (κ2) is 9.58. The van der Waals surface area contributed by atoms with Crippen LogP contribution in [0, 0.1) is 5.82 Å². The van der Waals surface area contributed by atoms with Crippen LogP contribution in [0.15, 0.2) is 36.4 Å². The van der Waals surface area contributed by atoms with Gasteiger partial charge in [-0.3, -0.25) is 34.3 Å². The topological polar surface area (TPSA) is 98.8 Å². The molecule has 3 aliphatic heterocycles. The maximum absolute atomic E-state index is 14.8. The molecule has 2 saturated heterocycles. The van der Waals surface area contributed by atoms with E-state index in [0.29, 0.717) is 11.3 Å². The maximum atomic E-state index is 14.8. The highest BCUT2D eigenvalue weighted by Crippen LogP contribution is 2.32. The summed E-state index contributed by atoms with van der Waals surface area (Å²) < 4.78 is 14.8. The molecule has 0 aromatic heterocycles. The molecule has 2 aromatic carbocycles. The lowest BCUT2D eigenvalue weighted by Gasteiger charge is -2.27. The van der Waals surface area contributed by atoms with Crippen molar-refractivity contribution >= 4 is 29.3 Å². The molecule has 5 rings (SSSR count). The fourth-order valence-electron chi connectivity index (χ4n) is 5.06. The van der Waals surface area contributed by atoms with E-state index >= 15 is 0 Å². The number of imide groups is 2. The summed E-state index contributed by atoms with van der Waals surface area (Å²) >= 11 is 0. The molecule has 2 aromatic rings. The number of nitrogens with zero attached hydrogens (tertiary/aromatic N) is 2. The van der Waals surface area contributed by atoms with E-state index < -0.39 is 29.7 Å². The van der Waals surface area contributed by atoms with Gasteiger partial charge in [-0.2, -0.15) is 0 Å². The zero-order valence-electron chi connectivity index (χ0n) is 19.3. The number of piperidine rings is 2. The molecular formula is C26H27FN4O4. The Morgan fingerprint density at radius 2 is 1.80 bits per heavy atom. The lowest BCUT2D eigenvalue weighted by molar-refractivity contribution is -0.136. The average Bonchev–Trinajstić information content (AvgIpc) is 3.10. The number of fused-ring (bicyclic) bond motifs is 1. The van der Waals surface area contributed by atoms with Crippen molar-refractivity contribution in [1.29, 1.82) is 0 Å². The summed E-state index contributed by atoms with van der Waals surface area (Å²) in [4.78, 5) is 53.2. The van der Waals surface area contributed by atoms with E-state index in [9.17, 15) is 23.6 Å². The van der Waals surface area contributed by atoms with Gasteiger partial charge in [0.2, 0.25) is 11.8 Å². The predicted octanol–water partition coefficient (Wildman–Crippen LogP) is 2.82. The van der Waals surface area contributed by atoms with E-state index in [2.05, 4.69) is 15.5 Å². The molecule has 182 valence electrons. The molecule has 1 atom stereocenters. The van der Waals surface area contributed by atoms with Gasteiger partial charge in [0.05, 0.1) is 11.1 Å². The van der Waals surface area contributed by atoms with E-state index in [1.807, 2.05) is 6.07 Å². The molecule has 2 fully saturated rings. The third-order valence-corrected chi connectivity index (χ3v) is 6.91. The molecule has 0 spiro atoms. The largest absolute Gasteiger partial charge is 0.380 e. The highest BCUT2D eigenvalue weighted by Gasteiger charge is 2.45. The van der Waals surface area contributed by atoms with E-state index in [1.54, 1.807) is 24.3 Å². The Hall–Kier alpha value is -3.59. The van der Waals surface area contributed by atoms with Crippen LogP contribution in [0.25, 0.3) is 0 Å². The van der Waals surface area contributed by atoms with Crippen molar-refractivity contribution in [1.82, 2.24) is 15.1 Å². The second-order valence-electron chi connectivity index (χ2n) is 9.29. The number of halogens is 1. The van der Waals surface area contributed by atoms with Gasteiger partial charge >= 0.3 is 0 Å².